The Morgan fingerprint density at radius 3 is 2.11 bits per heavy atom. The van der Waals surface area contributed by atoms with Gasteiger partial charge in [0.15, 0.2) is 0 Å². The summed E-state index contributed by atoms with van der Waals surface area (Å²) in [5.74, 6) is 0. The molecule has 1 saturated heterocycles. The topological polar surface area (TPSA) is 78.6 Å². The first-order chi connectivity index (χ1) is 3.97. The molecule has 1 aliphatic rings. The molecule has 0 bridgehead atoms. The van der Waals surface area contributed by atoms with Crippen LogP contribution in [0, 0.1) is 0 Å². The fourth-order valence-electron chi connectivity index (χ4n) is 0.393. The van der Waals surface area contributed by atoms with E-state index in [0.717, 1.165) is 0 Å². The van der Waals surface area contributed by atoms with E-state index in [1.165, 1.54) is 0 Å². The number of nitrogens with two attached hydrogens (primary N) is 1. The maximum absolute atomic E-state index is 10.1. The molecule has 1 aliphatic heterocycles. The van der Waals surface area contributed by atoms with Crippen LogP contribution in [0.1, 0.15) is 0 Å². The van der Waals surface area contributed by atoms with Crippen molar-refractivity contribution < 1.29 is 16.8 Å². The van der Waals surface area contributed by atoms with Gasteiger partial charge in [0, 0.05) is 0 Å². The molecule has 5 nitrogen and oxygen atoms in total. The molecule has 0 unspecified atom stereocenters. The SMILES string of the molecule is NCC1(S)OS(=O)(=O)O1. The van der Waals surface area contributed by atoms with Gasteiger partial charge in [0.2, 0.25) is 0 Å². The normalized spacial score (nSPS) is 29.1. The summed E-state index contributed by atoms with van der Waals surface area (Å²) in [5.41, 5.74) is 5.00. The predicted molar refractivity (Wildman–Crippen MR) is 31.9 cm³/mol. The van der Waals surface area contributed by atoms with Crippen LogP contribution in [0.4, 0.5) is 0 Å². The van der Waals surface area contributed by atoms with E-state index in [-0.39, 0.29) is 6.54 Å². The summed E-state index contributed by atoms with van der Waals surface area (Å²) < 4.78 is 28.5. The zero-order valence-corrected chi connectivity index (χ0v) is 5.98. The van der Waals surface area contributed by atoms with Gasteiger partial charge in [0.25, 0.3) is 5.12 Å². The third-order valence-electron chi connectivity index (χ3n) is 0.723. The first-order valence-electron chi connectivity index (χ1n) is 2.06. The molecule has 0 atom stereocenters. The highest BCUT2D eigenvalue weighted by Crippen LogP contribution is 2.32. The highest BCUT2D eigenvalue weighted by atomic mass is 32.3. The van der Waals surface area contributed by atoms with Crippen LogP contribution in [-0.4, -0.2) is 20.1 Å². The van der Waals surface area contributed by atoms with Crippen LogP contribution in [0.2, 0.25) is 0 Å². The van der Waals surface area contributed by atoms with Crippen molar-refractivity contribution in [2.45, 2.75) is 5.12 Å². The third kappa shape index (κ3) is 1.36. The van der Waals surface area contributed by atoms with Gasteiger partial charge in [-0.15, -0.1) is 12.6 Å². The van der Waals surface area contributed by atoms with Crippen molar-refractivity contribution in [1.82, 2.24) is 0 Å². The fraction of sp³-hybridized carbons (Fsp3) is 1.00. The zero-order valence-electron chi connectivity index (χ0n) is 4.27. The minimum atomic E-state index is -3.76. The second-order valence-corrected chi connectivity index (χ2v) is 3.32. The molecule has 0 aromatic rings. The zero-order chi connectivity index (χ0) is 7.12. The Labute approximate surface area is 57.9 Å². The second kappa shape index (κ2) is 1.83. The summed E-state index contributed by atoms with van der Waals surface area (Å²) in [7, 11) is -3.76. The van der Waals surface area contributed by atoms with Gasteiger partial charge < -0.3 is 5.73 Å². The standard InChI is InChI=1S/C2H5NO4S2/c3-1-2(8)6-9(4,5)7-2/h8H,1,3H2. The molecule has 0 aromatic heterocycles. The minimum Gasteiger partial charge on any atom is -0.325 e. The van der Waals surface area contributed by atoms with Crippen molar-refractivity contribution in [3.8, 4) is 0 Å². The van der Waals surface area contributed by atoms with Crippen LogP contribution in [0.3, 0.4) is 0 Å². The van der Waals surface area contributed by atoms with Gasteiger partial charge >= 0.3 is 10.4 Å². The molecular formula is C2H5NO4S2. The van der Waals surface area contributed by atoms with Crippen molar-refractivity contribution >= 4 is 23.0 Å². The largest absolute Gasteiger partial charge is 0.406 e. The Balaban J connectivity index is 2.61. The van der Waals surface area contributed by atoms with Crippen LogP contribution in [0.25, 0.3) is 0 Å². The molecular weight excluding hydrogens is 166 g/mol. The maximum atomic E-state index is 10.1. The molecule has 1 fully saturated rings. The first-order valence-corrected chi connectivity index (χ1v) is 3.84. The quantitative estimate of drug-likeness (QED) is 0.485. The fourth-order valence-corrected chi connectivity index (χ4v) is 1.73. The molecule has 54 valence electrons. The lowest BCUT2D eigenvalue weighted by Gasteiger charge is -2.32. The summed E-state index contributed by atoms with van der Waals surface area (Å²) in [6.07, 6.45) is 0. The molecule has 0 spiro atoms. The smallest absolute Gasteiger partial charge is 0.325 e. The molecule has 0 aromatic carbocycles. The van der Waals surface area contributed by atoms with E-state index in [1.54, 1.807) is 0 Å². The molecule has 0 radical (unpaired) electrons. The number of rotatable bonds is 1. The monoisotopic (exact) mass is 171 g/mol. The Kier molecular flexibility index (Phi) is 1.48. The lowest BCUT2D eigenvalue weighted by molar-refractivity contribution is -0.101. The Morgan fingerprint density at radius 2 is 2.00 bits per heavy atom. The van der Waals surface area contributed by atoms with E-state index in [4.69, 9.17) is 5.73 Å². The van der Waals surface area contributed by atoms with Gasteiger partial charge in [-0.25, -0.2) is 8.37 Å². The summed E-state index contributed by atoms with van der Waals surface area (Å²) in [6.45, 7) is -0.102. The molecule has 1 heterocycles. The Hall–Kier alpha value is 0.180. The van der Waals surface area contributed by atoms with Crippen LogP contribution < -0.4 is 5.73 Å². The maximum Gasteiger partial charge on any atom is 0.406 e. The van der Waals surface area contributed by atoms with Crippen molar-refractivity contribution in [1.29, 1.82) is 0 Å². The average Bonchev–Trinajstić information content (AvgIpc) is 1.61. The van der Waals surface area contributed by atoms with Crippen LogP contribution in [-0.2, 0) is 18.8 Å². The van der Waals surface area contributed by atoms with E-state index in [0.29, 0.717) is 0 Å². The summed E-state index contributed by atoms with van der Waals surface area (Å²) in [6, 6.07) is 0. The second-order valence-electron chi connectivity index (χ2n) is 1.49. The van der Waals surface area contributed by atoms with Gasteiger partial charge in [0.05, 0.1) is 6.54 Å². The van der Waals surface area contributed by atoms with E-state index >= 15 is 0 Å². The minimum absolute atomic E-state index is 0.102. The van der Waals surface area contributed by atoms with Gasteiger partial charge in [0.1, 0.15) is 0 Å². The summed E-state index contributed by atoms with van der Waals surface area (Å²) in [5, 5.41) is -1.42. The molecule has 7 heteroatoms. The van der Waals surface area contributed by atoms with E-state index in [9.17, 15) is 8.42 Å². The van der Waals surface area contributed by atoms with E-state index < -0.39 is 15.5 Å². The van der Waals surface area contributed by atoms with E-state index in [2.05, 4.69) is 21.0 Å². The van der Waals surface area contributed by atoms with Gasteiger partial charge in [-0.2, -0.15) is 8.42 Å². The lowest BCUT2D eigenvalue weighted by Crippen LogP contribution is -2.50. The molecule has 9 heavy (non-hydrogen) atoms. The molecule has 2 N–H and O–H groups in total. The van der Waals surface area contributed by atoms with Crippen molar-refractivity contribution in [2.75, 3.05) is 6.54 Å². The average molecular weight is 171 g/mol. The predicted octanol–water partition coefficient (Wildman–Crippen LogP) is -1.18. The Morgan fingerprint density at radius 1 is 1.56 bits per heavy atom. The van der Waals surface area contributed by atoms with Gasteiger partial charge in [-0.1, -0.05) is 0 Å². The number of hydrogen-bond donors (Lipinski definition) is 2. The lowest BCUT2D eigenvalue weighted by atomic mass is 10.6. The Bertz CT molecular complexity index is 197. The molecule has 0 saturated carbocycles. The van der Waals surface area contributed by atoms with Crippen molar-refractivity contribution in [3.05, 3.63) is 0 Å². The molecule has 0 amide bonds. The summed E-state index contributed by atoms with van der Waals surface area (Å²) in [4.78, 5) is 0. The van der Waals surface area contributed by atoms with Crippen LogP contribution >= 0.6 is 12.6 Å². The van der Waals surface area contributed by atoms with Crippen molar-refractivity contribution in [3.63, 3.8) is 0 Å². The highest BCUT2D eigenvalue weighted by molar-refractivity contribution is 7.88. The molecule has 1 rings (SSSR count). The number of hydrogen-bond acceptors (Lipinski definition) is 6. The molecule has 0 aliphatic carbocycles. The summed E-state index contributed by atoms with van der Waals surface area (Å²) >= 11 is 3.64. The van der Waals surface area contributed by atoms with Crippen LogP contribution in [0.5, 0.6) is 0 Å². The third-order valence-corrected chi connectivity index (χ3v) is 2.28. The van der Waals surface area contributed by atoms with Crippen molar-refractivity contribution in [2.24, 2.45) is 5.73 Å². The van der Waals surface area contributed by atoms with Crippen LogP contribution in [0.15, 0.2) is 0 Å². The highest BCUT2D eigenvalue weighted by Gasteiger charge is 2.48. The first kappa shape index (κ1) is 7.29. The van der Waals surface area contributed by atoms with E-state index in [1.807, 2.05) is 0 Å². The van der Waals surface area contributed by atoms with Gasteiger partial charge in [-0.05, 0) is 0 Å². The number of thiol groups is 1. The van der Waals surface area contributed by atoms with Gasteiger partial charge in [-0.3, -0.25) is 0 Å².